The first-order valence-corrected chi connectivity index (χ1v) is 5.47. The third-order valence-corrected chi connectivity index (χ3v) is 2.55. The van der Waals surface area contributed by atoms with Gasteiger partial charge in [-0.2, -0.15) is 5.26 Å². The molecule has 0 fully saturated rings. The second-order valence-electron chi connectivity index (χ2n) is 3.85. The van der Waals surface area contributed by atoms with E-state index in [1.54, 1.807) is 12.1 Å². The molecule has 1 amide bonds. The van der Waals surface area contributed by atoms with Gasteiger partial charge in [-0.3, -0.25) is 4.79 Å². The first-order chi connectivity index (χ1) is 9.11. The summed E-state index contributed by atoms with van der Waals surface area (Å²) >= 11 is 0. The molecule has 0 aliphatic carbocycles. The molecule has 0 aromatic heterocycles. The van der Waals surface area contributed by atoms with Gasteiger partial charge in [-0.05, 0) is 30.3 Å². The van der Waals surface area contributed by atoms with Crippen LogP contribution in [-0.4, -0.2) is 5.91 Å². The van der Waals surface area contributed by atoms with E-state index in [9.17, 15) is 9.18 Å². The Kier molecular flexibility index (Phi) is 3.44. The average Bonchev–Trinajstić information content (AvgIpc) is 2.41. The van der Waals surface area contributed by atoms with Crippen molar-refractivity contribution in [3.63, 3.8) is 0 Å². The largest absolute Gasteiger partial charge is 0.398 e. The monoisotopic (exact) mass is 255 g/mol. The third-order valence-electron chi connectivity index (χ3n) is 2.55. The van der Waals surface area contributed by atoms with Crippen molar-refractivity contribution in [2.24, 2.45) is 0 Å². The highest BCUT2D eigenvalue weighted by atomic mass is 19.1. The van der Waals surface area contributed by atoms with Crippen molar-refractivity contribution < 1.29 is 9.18 Å². The van der Waals surface area contributed by atoms with E-state index < -0.39 is 11.7 Å². The van der Waals surface area contributed by atoms with Gasteiger partial charge in [0.1, 0.15) is 11.9 Å². The van der Waals surface area contributed by atoms with Gasteiger partial charge in [-0.1, -0.05) is 12.1 Å². The Morgan fingerprint density at radius 2 is 2.00 bits per heavy atom. The van der Waals surface area contributed by atoms with Crippen molar-refractivity contribution in [2.75, 3.05) is 11.1 Å². The predicted molar refractivity (Wildman–Crippen MR) is 69.9 cm³/mol. The molecule has 0 spiro atoms. The zero-order chi connectivity index (χ0) is 13.8. The van der Waals surface area contributed by atoms with E-state index in [-0.39, 0.29) is 11.1 Å². The van der Waals surface area contributed by atoms with Crippen LogP contribution < -0.4 is 11.1 Å². The molecule has 5 heteroatoms. The molecule has 0 radical (unpaired) electrons. The lowest BCUT2D eigenvalue weighted by atomic mass is 10.1. The van der Waals surface area contributed by atoms with Gasteiger partial charge in [0.2, 0.25) is 0 Å². The van der Waals surface area contributed by atoms with E-state index in [2.05, 4.69) is 5.32 Å². The maximum absolute atomic E-state index is 13.4. The summed E-state index contributed by atoms with van der Waals surface area (Å²) in [6.45, 7) is 0. The maximum atomic E-state index is 13.4. The molecular weight excluding hydrogens is 245 g/mol. The summed E-state index contributed by atoms with van der Waals surface area (Å²) in [5.74, 6) is -1.18. The minimum absolute atomic E-state index is 0.0576. The van der Waals surface area contributed by atoms with Crippen LogP contribution in [0, 0.1) is 17.1 Å². The summed E-state index contributed by atoms with van der Waals surface area (Å²) in [6, 6.07) is 12.1. The molecule has 0 heterocycles. The molecule has 0 aliphatic heterocycles. The van der Waals surface area contributed by atoms with Gasteiger partial charge in [0.05, 0.1) is 11.1 Å². The number of nitrogens with one attached hydrogen (secondary N) is 1. The van der Waals surface area contributed by atoms with Gasteiger partial charge < -0.3 is 11.1 Å². The second-order valence-corrected chi connectivity index (χ2v) is 3.85. The summed E-state index contributed by atoms with van der Waals surface area (Å²) in [6.07, 6.45) is 0. The molecule has 3 N–H and O–H groups in total. The number of rotatable bonds is 2. The molecule has 0 saturated heterocycles. The van der Waals surface area contributed by atoms with Gasteiger partial charge in [-0.15, -0.1) is 0 Å². The molecule has 0 unspecified atom stereocenters. The van der Waals surface area contributed by atoms with Crippen LogP contribution in [0.5, 0.6) is 0 Å². The van der Waals surface area contributed by atoms with Crippen molar-refractivity contribution in [3.8, 4) is 6.07 Å². The van der Waals surface area contributed by atoms with E-state index >= 15 is 0 Å². The SMILES string of the molecule is N#Cc1cc(NC(=O)c2ccccc2F)ccc1N. The molecule has 19 heavy (non-hydrogen) atoms. The van der Waals surface area contributed by atoms with Crippen LogP contribution in [0.25, 0.3) is 0 Å². The van der Waals surface area contributed by atoms with Gasteiger partial charge >= 0.3 is 0 Å². The molecule has 94 valence electrons. The minimum Gasteiger partial charge on any atom is -0.398 e. The first kappa shape index (κ1) is 12.6. The van der Waals surface area contributed by atoms with Gasteiger partial charge in [0.15, 0.2) is 0 Å². The maximum Gasteiger partial charge on any atom is 0.258 e. The highest BCUT2D eigenvalue weighted by molar-refractivity contribution is 6.04. The van der Waals surface area contributed by atoms with Crippen molar-refractivity contribution >= 4 is 17.3 Å². The Bertz CT molecular complexity index is 677. The van der Waals surface area contributed by atoms with Gasteiger partial charge in [-0.25, -0.2) is 4.39 Å². The summed E-state index contributed by atoms with van der Waals surface area (Å²) in [5, 5.41) is 11.4. The lowest BCUT2D eigenvalue weighted by Crippen LogP contribution is -2.13. The lowest BCUT2D eigenvalue weighted by molar-refractivity contribution is 0.102. The van der Waals surface area contributed by atoms with Gasteiger partial charge in [0.25, 0.3) is 5.91 Å². The highest BCUT2D eigenvalue weighted by Crippen LogP contribution is 2.18. The van der Waals surface area contributed by atoms with Crippen molar-refractivity contribution in [3.05, 3.63) is 59.4 Å². The average molecular weight is 255 g/mol. The summed E-state index contributed by atoms with van der Waals surface area (Å²) in [7, 11) is 0. The fourth-order valence-corrected chi connectivity index (χ4v) is 1.57. The number of benzene rings is 2. The Hall–Kier alpha value is -2.87. The fraction of sp³-hybridized carbons (Fsp3) is 0. The first-order valence-electron chi connectivity index (χ1n) is 5.47. The quantitative estimate of drug-likeness (QED) is 0.809. The molecule has 0 saturated carbocycles. The molecule has 0 aliphatic rings. The Balaban J connectivity index is 2.25. The van der Waals surface area contributed by atoms with Crippen molar-refractivity contribution in [1.82, 2.24) is 0 Å². The predicted octanol–water partition coefficient (Wildman–Crippen LogP) is 2.53. The van der Waals surface area contributed by atoms with E-state index in [1.165, 1.54) is 30.3 Å². The number of carbonyl (C=O) groups excluding carboxylic acids is 1. The molecule has 2 aromatic carbocycles. The van der Waals surface area contributed by atoms with Crippen LogP contribution in [0.4, 0.5) is 15.8 Å². The second kappa shape index (κ2) is 5.19. The highest BCUT2D eigenvalue weighted by Gasteiger charge is 2.11. The number of hydrogen-bond donors (Lipinski definition) is 2. The van der Waals surface area contributed by atoms with Crippen molar-refractivity contribution in [1.29, 1.82) is 5.26 Å². The van der Waals surface area contributed by atoms with E-state index in [4.69, 9.17) is 11.0 Å². The number of carbonyl (C=O) groups is 1. The number of nitriles is 1. The van der Waals surface area contributed by atoms with Gasteiger partial charge in [0, 0.05) is 11.4 Å². The van der Waals surface area contributed by atoms with Crippen LogP contribution in [0.3, 0.4) is 0 Å². The third kappa shape index (κ3) is 2.69. The molecule has 0 bridgehead atoms. The lowest BCUT2D eigenvalue weighted by Gasteiger charge is -2.07. The van der Waals surface area contributed by atoms with E-state index in [0.717, 1.165) is 0 Å². The number of nitrogen functional groups attached to an aromatic ring is 1. The normalized spacial score (nSPS) is 9.68. The molecule has 4 nitrogen and oxygen atoms in total. The standard InChI is InChI=1S/C14H10FN3O/c15-12-4-2-1-3-11(12)14(19)18-10-5-6-13(17)9(7-10)8-16/h1-7H,17H2,(H,18,19). The van der Waals surface area contributed by atoms with Crippen LogP contribution in [0.15, 0.2) is 42.5 Å². The van der Waals surface area contributed by atoms with Crippen LogP contribution in [-0.2, 0) is 0 Å². The molecule has 0 atom stereocenters. The summed E-state index contributed by atoms with van der Waals surface area (Å²) in [5.41, 5.74) is 6.48. The van der Waals surface area contributed by atoms with E-state index in [1.807, 2.05) is 6.07 Å². The molecule has 2 aromatic rings. The number of anilines is 2. The fourth-order valence-electron chi connectivity index (χ4n) is 1.57. The van der Waals surface area contributed by atoms with E-state index in [0.29, 0.717) is 11.4 Å². The number of halogens is 1. The Morgan fingerprint density at radius 1 is 1.26 bits per heavy atom. The zero-order valence-corrected chi connectivity index (χ0v) is 9.85. The number of amides is 1. The van der Waals surface area contributed by atoms with Crippen LogP contribution in [0.2, 0.25) is 0 Å². The summed E-state index contributed by atoms with van der Waals surface area (Å²) in [4.78, 5) is 11.9. The summed E-state index contributed by atoms with van der Waals surface area (Å²) < 4.78 is 13.4. The van der Waals surface area contributed by atoms with Crippen molar-refractivity contribution in [2.45, 2.75) is 0 Å². The number of nitrogens with two attached hydrogens (primary N) is 1. The number of nitrogens with zero attached hydrogens (tertiary/aromatic N) is 1. The smallest absolute Gasteiger partial charge is 0.258 e. The van der Waals surface area contributed by atoms with Crippen LogP contribution >= 0.6 is 0 Å². The zero-order valence-electron chi connectivity index (χ0n) is 9.85. The molecule has 2 rings (SSSR count). The molecular formula is C14H10FN3O. The Labute approximate surface area is 109 Å². The van der Waals surface area contributed by atoms with Crippen LogP contribution in [0.1, 0.15) is 15.9 Å². The Morgan fingerprint density at radius 3 is 2.68 bits per heavy atom. The minimum atomic E-state index is -0.601. The number of hydrogen-bond acceptors (Lipinski definition) is 3. The topological polar surface area (TPSA) is 78.9 Å².